The summed E-state index contributed by atoms with van der Waals surface area (Å²) in [5.74, 6) is -2.88. The number of benzene rings is 1. The molecule has 12 nitrogen and oxygen atoms in total. The van der Waals surface area contributed by atoms with E-state index in [1.165, 1.54) is 10.5 Å². The minimum atomic E-state index is -3.87. The number of nitrogens with one attached hydrogen (secondary N) is 2. The van der Waals surface area contributed by atoms with Gasteiger partial charge in [0.1, 0.15) is 17.7 Å². The van der Waals surface area contributed by atoms with Crippen LogP contribution in [0.25, 0.3) is 10.8 Å². The number of aromatic nitrogens is 1. The van der Waals surface area contributed by atoms with Crippen molar-refractivity contribution >= 4 is 44.5 Å². The van der Waals surface area contributed by atoms with E-state index in [1.54, 1.807) is 12.3 Å². The van der Waals surface area contributed by atoms with E-state index < -0.39 is 62.6 Å². The van der Waals surface area contributed by atoms with Crippen LogP contribution in [0.5, 0.6) is 5.88 Å². The molecule has 3 aliphatic carbocycles. The first-order valence-electron chi connectivity index (χ1n) is 19.6. The molecule has 4 bridgehead atoms. The lowest BCUT2D eigenvalue weighted by molar-refractivity contribution is -0.152. The van der Waals surface area contributed by atoms with Gasteiger partial charge in [0.25, 0.3) is 5.91 Å². The molecular weight excluding hydrogens is 697 g/mol. The fourth-order valence-electron chi connectivity index (χ4n) is 8.58. The lowest BCUT2D eigenvalue weighted by atomic mass is 9.77. The van der Waals surface area contributed by atoms with Crippen LogP contribution in [0.2, 0.25) is 0 Å². The molecule has 4 fully saturated rings. The van der Waals surface area contributed by atoms with Gasteiger partial charge in [-0.15, -0.1) is 6.58 Å². The number of fused-ring (bicyclic) bond motifs is 3. The van der Waals surface area contributed by atoms with E-state index in [-0.39, 0.29) is 37.6 Å². The summed E-state index contributed by atoms with van der Waals surface area (Å²) in [6, 6.07) is 7.19. The first kappa shape index (κ1) is 37.3. The Labute approximate surface area is 311 Å². The summed E-state index contributed by atoms with van der Waals surface area (Å²) in [4.78, 5) is 62.1. The van der Waals surface area contributed by atoms with Crippen molar-refractivity contribution in [2.24, 2.45) is 17.8 Å². The number of cyclic esters (lactones) is 1. The molecule has 3 amide bonds. The van der Waals surface area contributed by atoms with Gasteiger partial charge in [-0.25, -0.2) is 13.4 Å². The van der Waals surface area contributed by atoms with E-state index in [9.17, 15) is 27.6 Å². The molecular formula is C40H52N4O8S. The van der Waals surface area contributed by atoms with Crippen molar-refractivity contribution in [1.82, 2.24) is 19.9 Å². The molecule has 7 rings (SSSR count). The van der Waals surface area contributed by atoms with Gasteiger partial charge < -0.3 is 19.7 Å². The number of hydrogen-bond donors (Lipinski definition) is 2. The molecule has 1 aromatic heterocycles. The topological polar surface area (TPSA) is 161 Å². The monoisotopic (exact) mass is 748 g/mol. The molecule has 53 heavy (non-hydrogen) atoms. The van der Waals surface area contributed by atoms with E-state index >= 15 is 0 Å². The van der Waals surface area contributed by atoms with Crippen LogP contribution in [0, 0.1) is 17.8 Å². The normalized spacial score (nSPS) is 29.2. The van der Waals surface area contributed by atoms with Crippen LogP contribution in [0.1, 0.15) is 102 Å². The van der Waals surface area contributed by atoms with Crippen LogP contribution < -0.4 is 14.8 Å². The number of esters is 1. The number of amides is 3. The molecule has 2 N–H and O–H groups in total. The van der Waals surface area contributed by atoms with Crippen LogP contribution in [0.3, 0.4) is 0 Å². The molecule has 286 valence electrons. The predicted molar refractivity (Wildman–Crippen MR) is 198 cm³/mol. The Kier molecular flexibility index (Phi) is 11.1. The lowest BCUT2D eigenvalue weighted by Gasteiger charge is -2.34. The number of ether oxygens (including phenoxy) is 2. The first-order chi connectivity index (χ1) is 25.6. The Hall–Kier alpha value is -4.00. The van der Waals surface area contributed by atoms with Gasteiger partial charge in [-0.3, -0.25) is 23.9 Å². The van der Waals surface area contributed by atoms with Gasteiger partial charge in [-0.05, 0) is 80.4 Å². The van der Waals surface area contributed by atoms with Crippen molar-refractivity contribution in [3.63, 3.8) is 0 Å². The van der Waals surface area contributed by atoms with Gasteiger partial charge >= 0.3 is 5.97 Å². The van der Waals surface area contributed by atoms with Crippen molar-refractivity contribution in [1.29, 1.82) is 0 Å². The zero-order chi connectivity index (χ0) is 37.2. The number of rotatable bonds is 7. The highest BCUT2D eigenvalue weighted by Crippen LogP contribution is 2.46. The summed E-state index contributed by atoms with van der Waals surface area (Å²) < 4.78 is 39.9. The molecule has 0 radical (unpaired) electrons. The highest BCUT2D eigenvalue weighted by molar-refractivity contribution is 7.91. The molecule has 13 heteroatoms. The maximum Gasteiger partial charge on any atom is 0.306 e. The summed E-state index contributed by atoms with van der Waals surface area (Å²) in [6.45, 7) is 4.19. The average Bonchev–Trinajstić information content (AvgIpc) is 4.08. The van der Waals surface area contributed by atoms with Crippen LogP contribution >= 0.6 is 0 Å². The Morgan fingerprint density at radius 1 is 0.981 bits per heavy atom. The first-order valence-corrected chi connectivity index (χ1v) is 21.1. The van der Waals surface area contributed by atoms with Crippen molar-refractivity contribution in [3.8, 4) is 5.88 Å². The molecule has 1 saturated heterocycles. The van der Waals surface area contributed by atoms with E-state index in [0.717, 1.165) is 81.4 Å². The Bertz CT molecular complexity index is 1840. The summed E-state index contributed by atoms with van der Waals surface area (Å²) in [7, 11) is -3.87. The molecule has 5 atom stereocenters. The third-order valence-electron chi connectivity index (χ3n) is 12.0. The second-order valence-electron chi connectivity index (χ2n) is 15.8. The fraction of sp³-hybridized carbons (Fsp3) is 0.625. The van der Waals surface area contributed by atoms with Gasteiger partial charge in [0, 0.05) is 23.9 Å². The maximum atomic E-state index is 14.8. The van der Waals surface area contributed by atoms with Gasteiger partial charge in [-0.2, -0.15) is 0 Å². The van der Waals surface area contributed by atoms with Crippen molar-refractivity contribution in [2.45, 2.75) is 126 Å². The number of aryl methyl sites for hydroxylation is 1. The highest BCUT2D eigenvalue weighted by Gasteiger charge is 2.62. The number of sulfonamides is 1. The van der Waals surface area contributed by atoms with Crippen LogP contribution in [0.15, 0.2) is 43.1 Å². The highest BCUT2D eigenvalue weighted by atomic mass is 32.2. The molecule has 5 aliphatic rings. The average molecular weight is 749 g/mol. The van der Waals surface area contributed by atoms with E-state index in [1.807, 2.05) is 6.07 Å². The summed E-state index contributed by atoms with van der Waals surface area (Å²) in [6.07, 6.45) is 14.1. The van der Waals surface area contributed by atoms with Crippen LogP contribution in [-0.2, 0) is 40.4 Å². The van der Waals surface area contributed by atoms with Gasteiger partial charge in [0.05, 0.1) is 30.7 Å². The molecule has 0 spiro atoms. The molecule has 2 aromatic rings. The number of pyridine rings is 1. The maximum absolute atomic E-state index is 14.8. The number of nitrogens with zero attached hydrogens (tertiary/aromatic N) is 2. The second-order valence-corrected chi connectivity index (χ2v) is 17.7. The van der Waals surface area contributed by atoms with Crippen LogP contribution in [0.4, 0.5) is 0 Å². The number of carbonyl (C=O) groups excluding carboxylic acids is 4. The lowest BCUT2D eigenvalue weighted by Crippen LogP contribution is -2.57. The van der Waals surface area contributed by atoms with E-state index in [2.05, 4.69) is 39.8 Å². The standard InChI is InChI=1S/C40H52N4O8S/c1-2-29-24-40(29,39(48)43-53(49,50)31-16-17-31)42-36(46)34-22-30-25-44(34)38(47)33(27-12-8-6-9-13-27)23-35(45)51-20-10-5-3-4-7-11-26-14-15-28-18-19-41-37(52-30)32(28)21-26/h2,14-15,18-19,21,27,29-31,33-34H,1,3-13,16-17,20,22-25H2,(H,42,46)(H,43,48)/t29-,30-,33+,34+,40-/m1/s1. The van der Waals surface area contributed by atoms with Crippen LogP contribution in [-0.4, -0.2) is 78.1 Å². The molecule has 3 heterocycles. The third-order valence-corrected chi connectivity index (χ3v) is 13.8. The smallest absolute Gasteiger partial charge is 0.306 e. The third kappa shape index (κ3) is 8.39. The van der Waals surface area contributed by atoms with E-state index in [4.69, 9.17) is 9.47 Å². The Morgan fingerprint density at radius 2 is 1.74 bits per heavy atom. The zero-order valence-corrected chi connectivity index (χ0v) is 31.2. The summed E-state index contributed by atoms with van der Waals surface area (Å²) in [5, 5.41) is 4.08. The zero-order valence-electron chi connectivity index (χ0n) is 30.4. The minimum Gasteiger partial charge on any atom is -0.472 e. The van der Waals surface area contributed by atoms with E-state index in [0.29, 0.717) is 25.3 Å². The van der Waals surface area contributed by atoms with Gasteiger partial charge in [0.2, 0.25) is 27.7 Å². The summed E-state index contributed by atoms with van der Waals surface area (Å²) >= 11 is 0. The SMILES string of the molecule is C=C[C@@H]1C[C@]1(NC(=O)[C@@H]1C[C@@H]2CN1C(=O)[C@H](C1CCCCC1)CC(=O)OCCCCCCCc1ccc3ccnc(c3c1)O2)C(=O)NS(=O)(=O)C1CC1. The van der Waals surface area contributed by atoms with Crippen molar-refractivity contribution in [3.05, 3.63) is 48.7 Å². The minimum absolute atomic E-state index is 0.0400. The molecule has 0 unspecified atom stereocenters. The second kappa shape index (κ2) is 15.8. The van der Waals surface area contributed by atoms with Gasteiger partial charge in [0.15, 0.2) is 0 Å². The summed E-state index contributed by atoms with van der Waals surface area (Å²) in [5.41, 5.74) is -0.332. The van der Waals surface area contributed by atoms with Gasteiger partial charge in [-0.1, -0.05) is 56.7 Å². The largest absolute Gasteiger partial charge is 0.472 e. The quantitative estimate of drug-likeness (QED) is 0.297. The fourth-order valence-corrected chi connectivity index (χ4v) is 9.95. The predicted octanol–water partition coefficient (Wildman–Crippen LogP) is 4.89. The Morgan fingerprint density at radius 3 is 2.49 bits per heavy atom. The van der Waals surface area contributed by atoms with Crippen molar-refractivity contribution in [2.75, 3.05) is 13.2 Å². The number of hydrogen-bond acceptors (Lipinski definition) is 9. The number of carbonyl (C=O) groups is 4. The molecule has 3 saturated carbocycles. The molecule has 1 aromatic carbocycles. The Balaban J connectivity index is 1.20. The van der Waals surface area contributed by atoms with Crippen molar-refractivity contribution < 1.29 is 37.1 Å². The molecule has 2 aliphatic heterocycles.